The number of unbranched alkanes of at least 4 members (excludes halogenated alkanes) is 12. The quantitative estimate of drug-likeness (QED) is 0.310. The van der Waals surface area contributed by atoms with Crippen LogP contribution in [0, 0.1) is 5.92 Å². The lowest BCUT2D eigenvalue weighted by Crippen LogP contribution is -1.87. The monoisotopic (exact) mass is 314 g/mol. The van der Waals surface area contributed by atoms with Crippen LogP contribution in [0.2, 0.25) is 0 Å². The Balaban J connectivity index is 0. The third-order valence-corrected chi connectivity index (χ3v) is 3.94. The SMILES string of the molecule is CC(C)CCCCCCCCCCCCCCCO.CCC. The molecule has 0 saturated heterocycles. The molecule has 0 rings (SSSR count). The predicted octanol–water partition coefficient (Wildman–Crippen LogP) is 7.51. The summed E-state index contributed by atoms with van der Waals surface area (Å²) in [6.07, 6.45) is 20.5. The highest BCUT2D eigenvalue weighted by Gasteiger charge is 1.95. The van der Waals surface area contributed by atoms with E-state index in [1.807, 2.05) is 0 Å². The maximum Gasteiger partial charge on any atom is 0.0431 e. The Bertz CT molecular complexity index is 165. The molecular weight excluding hydrogens is 268 g/mol. The highest BCUT2D eigenvalue weighted by atomic mass is 16.2. The Morgan fingerprint density at radius 2 is 0.818 bits per heavy atom. The van der Waals surface area contributed by atoms with Crippen molar-refractivity contribution in [1.82, 2.24) is 0 Å². The van der Waals surface area contributed by atoms with Gasteiger partial charge in [0.2, 0.25) is 0 Å². The first kappa shape index (κ1) is 24.2. The van der Waals surface area contributed by atoms with Crippen LogP contribution in [0.1, 0.15) is 124 Å². The molecule has 0 saturated carbocycles. The van der Waals surface area contributed by atoms with Gasteiger partial charge in [0.1, 0.15) is 0 Å². The van der Waals surface area contributed by atoms with Crippen molar-refractivity contribution >= 4 is 0 Å². The molecule has 0 heterocycles. The molecule has 0 spiro atoms. The molecule has 0 fully saturated rings. The largest absolute Gasteiger partial charge is 0.396 e. The fraction of sp³-hybridized carbons (Fsp3) is 1.00. The third-order valence-electron chi connectivity index (χ3n) is 3.94. The molecule has 1 heteroatoms. The van der Waals surface area contributed by atoms with E-state index in [1.165, 1.54) is 89.9 Å². The highest BCUT2D eigenvalue weighted by Crippen LogP contribution is 2.14. The van der Waals surface area contributed by atoms with Gasteiger partial charge in [-0.25, -0.2) is 0 Å². The van der Waals surface area contributed by atoms with Crippen molar-refractivity contribution in [1.29, 1.82) is 0 Å². The Hall–Kier alpha value is -0.0400. The molecule has 0 atom stereocenters. The van der Waals surface area contributed by atoms with E-state index in [9.17, 15) is 0 Å². The van der Waals surface area contributed by atoms with E-state index in [1.54, 1.807) is 0 Å². The van der Waals surface area contributed by atoms with Crippen LogP contribution in [0.15, 0.2) is 0 Å². The van der Waals surface area contributed by atoms with Gasteiger partial charge in [0.05, 0.1) is 0 Å². The van der Waals surface area contributed by atoms with E-state index in [0.29, 0.717) is 6.61 Å². The summed E-state index contributed by atoms with van der Waals surface area (Å²) >= 11 is 0. The lowest BCUT2D eigenvalue weighted by atomic mass is 10.0. The number of hydrogen-bond donors (Lipinski definition) is 1. The summed E-state index contributed by atoms with van der Waals surface area (Å²) < 4.78 is 0. The van der Waals surface area contributed by atoms with Gasteiger partial charge in [-0.2, -0.15) is 0 Å². The van der Waals surface area contributed by atoms with Gasteiger partial charge in [0.15, 0.2) is 0 Å². The summed E-state index contributed by atoms with van der Waals surface area (Å²) in [5.74, 6) is 0.886. The molecule has 22 heavy (non-hydrogen) atoms. The maximum absolute atomic E-state index is 8.67. The predicted molar refractivity (Wildman–Crippen MR) is 103 cm³/mol. The van der Waals surface area contributed by atoms with E-state index < -0.39 is 0 Å². The molecule has 0 aromatic carbocycles. The normalized spacial score (nSPS) is 10.6. The van der Waals surface area contributed by atoms with Crippen molar-refractivity contribution in [3.63, 3.8) is 0 Å². The molecule has 0 aromatic rings. The van der Waals surface area contributed by atoms with Crippen LogP contribution >= 0.6 is 0 Å². The fourth-order valence-corrected chi connectivity index (χ4v) is 2.61. The molecule has 0 amide bonds. The first-order valence-electron chi connectivity index (χ1n) is 10.3. The molecule has 0 unspecified atom stereocenters. The van der Waals surface area contributed by atoms with Crippen LogP contribution in [0.4, 0.5) is 0 Å². The standard InChI is InChI=1S/C18H38O.C3H8/c1-18(2)16-14-12-10-8-6-4-3-5-7-9-11-13-15-17-19;1-3-2/h18-19H,3-17H2,1-2H3;3H2,1-2H3. The lowest BCUT2D eigenvalue weighted by molar-refractivity contribution is 0.282. The minimum absolute atomic E-state index is 0.372. The number of aliphatic hydroxyl groups excluding tert-OH is 1. The minimum Gasteiger partial charge on any atom is -0.396 e. The summed E-state index contributed by atoms with van der Waals surface area (Å²) in [7, 11) is 0. The molecular formula is C21H46O. The Labute approximate surface area is 142 Å². The van der Waals surface area contributed by atoms with Crippen LogP contribution in [-0.2, 0) is 0 Å². The van der Waals surface area contributed by atoms with Gasteiger partial charge in [0.25, 0.3) is 0 Å². The second kappa shape index (κ2) is 23.2. The molecule has 0 aliphatic rings. The topological polar surface area (TPSA) is 20.2 Å². The molecule has 0 aliphatic carbocycles. The van der Waals surface area contributed by atoms with Gasteiger partial charge in [0, 0.05) is 6.61 Å². The van der Waals surface area contributed by atoms with Crippen molar-refractivity contribution in [2.24, 2.45) is 5.92 Å². The van der Waals surface area contributed by atoms with Gasteiger partial charge in [-0.1, -0.05) is 118 Å². The van der Waals surface area contributed by atoms with Crippen molar-refractivity contribution in [2.45, 2.75) is 124 Å². The van der Waals surface area contributed by atoms with E-state index in [0.717, 1.165) is 12.3 Å². The molecule has 1 nitrogen and oxygen atoms in total. The van der Waals surface area contributed by atoms with Gasteiger partial charge in [-0.3, -0.25) is 0 Å². The molecule has 0 bridgehead atoms. The third kappa shape index (κ3) is 28.2. The van der Waals surface area contributed by atoms with Crippen molar-refractivity contribution < 1.29 is 5.11 Å². The van der Waals surface area contributed by atoms with Gasteiger partial charge in [-0.05, 0) is 12.3 Å². The average Bonchev–Trinajstić information content (AvgIpc) is 2.48. The zero-order chi connectivity index (χ0) is 16.9. The summed E-state index contributed by atoms with van der Waals surface area (Å²) in [6, 6.07) is 0. The number of aliphatic hydroxyl groups is 1. The Morgan fingerprint density at radius 3 is 1.09 bits per heavy atom. The smallest absolute Gasteiger partial charge is 0.0431 e. The van der Waals surface area contributed by atoms with E-state index >= 15 is 0 Å². The number of hydrogen-bond acceptors (Lipinski definition) is 1. The number of rotatable bonds is 15. The molecule has 1 N–H and O–H groups in total. The highest BCUT2D eigenvalue weighted by molar-refractivity contribution is 4.50. The Kier molecular flexibility index (Phi) is 25.6. The van der Waals surface area contributed by atoms with Crippen molar-refractivity contribution in [2.75, 3.05) is 6.61 Å². The van der Waals surface area contributed by atoms with Gasteiger partial charge < -0.3 is 5.11 Å². The van der Waals surface area contributed by atoms with Crippen LogP contribution < -0.4 is 0 Å². The van der Waals surface area contributed by atoms with E-state index in [-0.39, 0.29) is 0 Å². The minimum atomic E-state index is 0.372. The van der Waals surface area contributed by atoms with Crippen molar-refractivity contribution in [3.05, 3.63) is 0 Å². The van der Waals surface area contributed by atoms with Gasteiger partial charge >= 0.3 is 0 Å². The summed E-state index contributed by atoms with van der Waals surface area (Å²) in [6.45, 7) is 9.27. The molecule has 136 valence electrons. The second-order valence-electron chi connectivity index (χ2n) is 7.21. The average molecular weight is 315 g/mol. The first-order chi connectivity index (χ1) is 10.7. The molecule has 0 aliphatic heterocycles. The van der Waals surface area contributed by atoms with Crippen LogP contribution in [0.25, 0.3) is 0 Å². The molecule has 0 aromatic heterocycles. The summed E-state index contributed by atoms with van der Waals surface area (Å²) in [4.78, 5) is 0. The maximum atomic E-state index is 8.67. The van der Waals surface area contributed by atoms with Crippen molar-refractivity contribution in [3.8, 4) is 0 Å². The van der Waals surface area contributed by atoms with E-state index in [4.69, 9.17) is 5.11 Å². The van der Waals surface area contributed by atoms with Gasteiger partial charge in [-0.15, -0.1) is 0 Å². The van der Waals surface area contributed by atoms with Crippen LogP contribution in [-0.4, -0.2) is 11.7 Å². The van der Waals surface area contributed by atoms with Crippen LogP contribution in [0.5, 0.6) is 0 Å². The summed E-state index contributed by atoms with van der Waals surface area (Å²) in [5, 5.41) is 8.67. The fourth-order valence-electron chi connectivity index (χ4n) is 2.61. The van der Waals surface area contributed by atoms with E-state index in [2.05, 4.69) is 27.7 Å². The second-order valence-corrected chi connectivity index (χ2v) is 7.21. The lowest BCUT2D eigenvalue weighted by Gasteiger charge is -2.04. The van der Waals surface area contributed by atoms with Crippen LogP contribution in [0.3, 0.4) is 0 Å². The first-order valence-corrected chi connectivity index (χ1v) is 10.3. The summed E-state index contributed by atoms with van der Waals surface area (Å²) in [5.41, 5.74) is 0. The zero-order valence-corrected chi connectivity index (χ0v) is 16.3. The Morgan fingerprint density at radius 1 is 0.545 bits per heavy atom. The zero-order valence-electron chi connectivity index (χ0n) is 16.3. The molecule has 0 radical (unpaired) electrons.